The van der Waals surface area contributed by atoms with E-state index < -0.39 is 6.36 Å². The van der Waals surface area contributed by atoms with Gasteiger partial charge < -0.3 is 9.15 Å². The minimum Gasteiger partial charge on any atom is -0.461 e. The SMILES string of the molecule is Cc1ccc(-c2ccc(OC(F)(F)F)cc2)o1. The van der Waals surface area contributed by atoms with Gasteiger partial charge in [-0.1, -0.05) is 0 Å². The Kier molecular flexibility index (Phi) is 2.83. The smallest absolute Gasteiger partial charge is 0.461 e. The van der Waals surface area contributed by atoms with Gasteiger partial charge in [-0.3, -0.25) is 0 Å². The van der Waals surface area contributed by atoms with Crippen LogP contribution >= 0.6 is 0 Å². The van der Waals surface area contributed by atoms with Crippen LogP contribution in [0.1, 0.15) is 5.76 Å². The summed E-state index contributed by atoms with van der Waals surface area (Å²) in [5.41, 5.74) is 0.702. The number of aryl methyl sites for hydroxylation is 1. The standard InChI is InChI=1S/C12H9F3O2/c1-8-2-7-11(16-8)9-3-5-10(6-4-9)17-12(13,14)15/h2-7H,1H3. The zero-order chi connectivity index (χ0) is 12.5. The summed E-state index contributed by atoms with van der Waals surface area (Å²) in [6, 6.07) is 9.07. The van der Waals surface area contributed by atoms with Gasteiger partial charge in [0.25, 0.3) is 0 Å². The van der Waals surface area contributed by atoms with E-state index in [1.807, 2.05) is 0 Å². The lowest BCUT2D eigenvalue weighted by Crippen LogP contribution is -2.16. The summed E-state index contributed by atoms with van der Waals surface area (Å²) in [5.74, 6) is 1.11. The minimum atomic E-state index is -4.66. The summed E-state index contributed by atoms with van der Waals surface area (Å²) in [6.07, 6.45) is -4.66. The molecule has 1 aromatic carbocycles. The first-order valence-electron chi connectivity index (χ1n) is 4.87. The Morgan fingerprint density at radius 2 is 1.65 bits per heavy atom. The second kappa shape index (κ2) is 4.16. The highest BCUT2D eigenvalue weighted by Crippen LogP contribution is 2.27. The van der Waals surface area contributed by atoms with Crippen LogP contribution in [0, 0.1) is 6.92 Å². The summed E-state index contributed by atoms with van der Waals surface area (Å²) in [6.45, 7) is 1.80. The van der Waals surface area contributed by atoms with Crippen molar-refractivity contribution in [3.8, 4) is 17.1 Å². The predicted molar refractivity (Wildman–Crippen MR) is 55.6 cm³/mol. The van der Waals surface area contributed by atoms with E-state index in [1.54, 1.807) is 19.1 Å². The lowest BCUT2D eigenvalue weighted by atomic mass is 10.2. The third kappa shape index (κ3) is 3.03. The zero-order valence-corrected chi connectivity index (χ0v) is 8.91. The molecule has 0 amide bonds. The van der Waals surface area contributed by atoms with Gasteiger partial charge in [0.05, 0.1) is 0 Å². The number of alkyl halides is 3. The molecular formula is C12H9F3O2. The fourth-order valence-electron chi connectivity index (χ4n) is 1.41. The molecular weight excluding hydrogens is 233 g/mol. The van der Waals surface area contributed by atoms with Crippen LogP contribution < -0.4 is 4.74 Å². The Morgan fingerprint density at radius 3 is 2.12 bits per heavy atom. The van der Waals surface area contributed by atoms with Crippen molar-refractivity contribution in [2.45, 2.75) is 13.3 Å². The Hall–Kier alpha value is -1.91. The molecule has 0 atom stereocenters. The summed E-state index contributed by atoms with van der Waals surface area (Å²) in [7, 11) is 0. The van der Waals surface area contributed by atoms with E-state index in [1.165, 1.54) is 24.3 Å². The van der Waals surface area contributed by atoms with Crippen molar-refractivity contribution in [2.75, 3.05) is 0 Å². The van der Waals surface area contributed by atoms with Crippen LogP contribution in [-0.2, 0) is 0 Å². The second-order valence-corrected chi connectivity index (χ2v) is 3.48. The molecule has 0 aliphatic rings. The fraction of sp³-hybridized carbons (Fsp3) is 0.167. The van der Waals surface area contributed by atoms with E-state index in [2.05, 4.69) is 4.74 Å². The molecule has 5 heteroatoms. The van der Waals surface area contributed by atoms with Crippen molar-refractivity contribution < 1.29 is 22.3 Å². The molecule has 90 valence electrons. The van der Waals surface area contributed by atoms with Crippen molar-refractivity contribution in [1.29, 1.82) is 0 Å². The van der Waals surface area contributed by atoms with Gasteiger partial charge in [-0.15, -0.1) is 13.2 Å². The predicted octanol–water partition coefficient (Wildman–Crippen LogP) is 4.15. The summed E-state index contributed by atoms with van der Waals surface area (Å²) in [4.78, 5) is 0. The van der Waals surface area contributed by atoms with E-state index >= 15 is 0 Å². The highest BCUT2D eigenvalue weighted by atomic mass is 19.4. The van der Waals surface area contributed by atoms with Crippen LogP contribution in [-0.4, -0.2) is 6.36 Å². The maximum atomic E-state index is 11.9. The lowest BCUT2D eigenvalue weighted by Gasteiger charge is -2.08. The highest BCUT2D eigenvalue weighted by Gasteiger charge is 2.30. The zero-order valence-electron chi connectivity index (χ0n) is 8.91. The average molecular weight is 242 g/mol. The summed E-state index contributed by atoms with van der Waals surface area (Å²) < 4.78 is 44.9. The molecule has 0 aliphatic carbocycles. The number of benzene rings is 1. The third-order valence-corrected chi connectivity index (χ3v) is 2.11. The van der Waals surface area contributed by atoms with Crippen LogP contribution in [0.2, 0.25) is 0 Å². The molecule has 0 spiro atoms. The van der Waals surface area contributed by atoms with Crippen molar-refractivity contribution in [2.24, 2.45) is 0 Å². The summed E-state index contributed by atoms with van der Waals surface area (Å²) in [5, 5.41) is 0. The monoisotopic (exact) mass is 242 g/mol. The van der Waals surface area contributed by atoms with Crippen LogP contribution in [0.25, 0.3) is 11.3 Å². The van der Waals surface area contributed by atoms with Gasteiger partial charge in [0.15, 0.2) is 0 Å². The molecule has 2 rings (SSSR count). The first-order valence-corrected chi connectivity index (χ1v) is 4.87. The van der Waals surface area contributed by atoms with Gasteiger partial charge >= 0.3 is 6.36 Å². The van der Waals surface area contributed by atoms with Gasteiger partial charge in [-0.25, -0.2) is 0 Å². The number of hydrogen-bond donors (Lipinski definition) is 0. The Bertz CT molecular complexity index is 497. The lowest BCUT2D eigenvalue weighted by molar-refractivity contribution is -0.274. The molecule has 0 unspecified atom stereocenters. The van der Waals surface area contributed by atoms with Crippen molar-refractivity contribution >= 4 is 0 Å². The molecule has 0 saturated carbocycles. The minimum absolute atomic E-state index is 0.246. The molecule has 0 radical (unpaired) electrons. The molecule has 2 aromatic rings. The number of ether oxygens (including phenoxy) is 1. The maximum Gasteiger partial charge on any atom is 0.573 e. The topological polar surface area (TPSA) is 22.4 Å². The second-order valence-electron chi connectivity index (χ2n) is 3.48. The Balaban J connectivity index is 2.19. The van der Waals surface area contributed by atoms with E-state index in [4.69, 9.17) is 4.42 Å². The van der Waals surface area contributed by atoms with Crippen LogP contribution in [0.15, 0.2) is 40.8 Å². The molecule has 0 fully saturated rings. The average Bonchev–Trinajstić information content (AvgIpc) is 2.63. The number of furan rings is 1. The number of hydrogen-bond acceptors (Lipinski definition) is 2. The first kappa shape index (κ1) is 11.6. The maximum absolute atomic E-state index is 11.9. The first-order chi connectivity index (χ1) is 7.94. The van der Waals surface area contributed by atoms with E-state index in [-0.39, 0.29) is 5.75 Å². The number of rotatable bonds is 2. The van der Waals surface area contributed by atoms with E-state index in [0.717, 1.165) is 5.76 Å². The Morgan fingerprint density at radius 1 is 1.00 bits per heavy atom. The van der Waals surface area contributed by atoms with Gasteiger partial charge in [-0.05, 0) is 43.3 Å². The molecule has 0 aliphatic heterocycles. The molecule has 1 aromatic heterocycles. The molecule has 17 heavy (non-hydrogen) atoms. The van der Waals surface area contributed by atoms with Crippen LogP contribution in [0.3, 0.4) is 0 Å². The van der Waals surface area contributed by atoms with Crippen molar-refractivity contribution in [3.05, 3.63) is 42.2 Å². The van der Waals surface area contributed by atoms with E-state index in [9.17, 15) is 13.2 Å². The van der Waals surface area contributed by atoms with Crippen LogP contribution in [0.4, 0.5) is 13.2 Å². The highest BCUT2D eigenvalue weighted by molar-refractivity contribution is 5.58. The van der Waals surface area contributed by atoms with Gasteiger partial charge in [0, 0.05) is 5.56 Å². The molecule has 0 saturated heterocycles. The molecule has 0 N–H and O–H groups in total. The third-order valence-electron chi connectivity index (χ3n) is 2.11. The van der Waals surface area contributed by atoms with Gasteiger partial charge in [0.1, 0.15) is 17.3 Å². The Labute approximate surface area is 95.6 Å². The fourth-order valence-corrected chi connectivity index (χ4v) is 1.41. The summed E-state index contributed by atoms with van der Waals surface area (Å²) >= 11 is 0. The quantitative estimate of drug-likeness (QED) is 0.789. The largest absolute Gasteiger partial charge is 0.573 e. The normalized spacial score (nSPS) is 11.5. The van der Waals surface area contributed by atoms with E-state index in [0.29, 0.717) is 11.3 Å². The van der Waals surface area contributed by atoms with Crippen molar-refractivity contribution in [3.63, 3.8) is 0 Å². The van der Waals surface area contributed by atoms with Crippen LogP contribution in [0.5, 0.6) is 5.75 Å². The molecule has 1 heterocycles. The van der Waals surface area contributed by atoms with Gasteiger partial charge in [-0.2, -0.15) is 0 Å². The van der Waals surface area contributed by atoms with Crippen molar-refractivity contribution in [1.82, 2.24) is 0 Å². The number of halogens is 3. The molecule has 0 bridgehead atoms. The van der Waals surface area contributed by atoms with Gasteiger partial charge in [0.2, 0.25) is 0 Å². The molecule has 2 nitrogen and oxygen atoms in total.